The summed E-state index contributed by atoms with van der Waals surface area (Å²) in [5.74, 6) is -1.51. The van der Waals surface area contributed by atoms with Crippen LogP contribution in [0.1, 0.15) is 5.56 Å². The molecule has 2 rings (SSSR count). The van der Waals surface area contributed by atoms with E-state index in [4.69, 9.17) is 23.2 Å². The van der Waals surface area contributed by atoms with Crippen LogP contribution in [0.5, 0.6) is 0 Å². The normalized spacial score (nSPS) is 11.6. The van der Waals surface area contributed by atoms with Gasteiger partial charge in [0.1, 0.15) is 4.90 Å². The van der Waals surface area contributed by atoms with Crippen LogP contribution in [0.15, 0.2) is 53.4 Å². The monoisotopic (exact) mass is 372 g/mol. The van der Waals surface area contributed by atoms with E-state index in [1.807, 2.05) is 0 Å². The molecule has 0 aliphatic rings. The van der Waals surface area contributed by atoms with Gasteiger partial charge in [0.2, 0.25) is 10.0 Å². The first-order valence-corrected chi connectivity index (χ1v) is 8.69. The number of hydrogen-bond acceptors (Lipinski definition) is 4. The summed E-state index contributed by atoms with van der Waals surface area (Å²) in [7, 11) is -4.15. The van der Waals surface area contributed by atoms with E-state index in [9.17, 15) is 18.3 Å². The van der Waals surface area contributed by atoms with Gasteiger partial charge in [-0.2, -0.15) is 4.31 Å². The van der Waals surface area contributed by atoms with Crippen LogP contribution in [0.3, 0.4) is 0 Å². The average Bonchev–Trinajstić information content (AvgIpc) is 2.49. The molecular weight excluding hydrogens is 361 g/mol. The van der Waals surface area contributed by atoms with Crippen LogP contribution in [0.25, 0.3) is 0 Å². The van der Waals surface area contributed by atoms with Crippen molar-refractivity contribution in [1.29, 1.82) is 0 Å². The van der Waals surface area contributed by atoms with Gasteiger partial charge >= 0.3 is 0 Å². The second-order valence-corrected chi connectivity index (χ2v) is 7.46. The topological polar surface area (TPSA) is 77.5 Å². The zero-order valence-electron chi connectivity index (χ0n) is 11.8. The molecule has 0 N–H and O–H groups in total. The lowest BCUT2D eigenvalue weighted by Gasteiger charge is -2.23. The summed E-state index contributed by atoms with van der Waals surface area (Å²) in [5.41, 5.74) is 0.635. The van der Waals surface area contributed by atoms with E-state index in [1.54, 1.807) is 30.3 Å². The molecule has 0 unspecified atom stereocenters. The van der Waals surface area contributed by atoms with Gasteiger partial charge in [0.15, 0.2) is 0 Å². The summed E-state index contributed by atoms with van der Waals surface area (Å²) < 4.78 is 26.3. The quantitative estimate of drug-likeness (QED) is 0.775. The number of aliphatic carboxylic acids is 1. The maximum atomic E-state index is 12.7. The molecule has 0 aromatic heterocycles. The Morgan fingerprint density at radius 1 is 1.09 bits per heavy atom. The van der Waals surface area contributed by atoms with Crippen LogP contribution >= 0.6 is 23.2 Å². The standard InChI is InChI=1S/C15H13Cl2NO4S/c16-12-6-7-13(17)14(8-12)23(21,22)18(10-15(19)20)9-11-4-2-1-3-5-11/h1-8H,9-10H2,(H,19,20)/p-1. The number of rotatable bonds is 6. The van der Waals surface area contributed by atoms with Crippen molar-refractivity contribution in [1.82, 2.24) is 4.31 Å². The smallest absolute Gasteiger partial charge is 0.245 e. The van der Waals surface area contributed by atoms with Gasteiger partial charge in [-0.3, -0.25) is 0 Å². The van der Waals surface area contributed by atoms with Crippen LogP contribution < -0.4 is 5.11 Å². The average molecular weight is 373 g/mol. The van der Waals surface area contributed by atoms with Gasteiger partial charge in [-0.05, 0) is 23.8 Å². The van der Waals surface area contributed by atoms with Gasteiger partial charge < -0.3 is 9.90 Å². The predicted molar refractivity (Wildman–Crippen MR) is 85.5 cm³/mol. The summed E-state index contributed by atoms with van der Waals surface area (Å²) in [6.45, 7) is -0.917. The van der Waals surface area contributed by atoms with Gasteiger partial charge in [-0.15, -0.1) is 0 Å². The molecular formula is C15H12Cl2NO4S-. The van der Waals surface area contributed by atoms with Crippen molar-refractivity contribution in [3.63, 3.8) is 0 Å². The molecule has 23 heavy (non-hydrogen) atoms. The van der Waals surface area contributed by atoms with Gasteiger partial charge in [-0.1, -0.05) is 53.5 Å². The molecule has 0 radical (unpaired) electrons. The number of benzene rings is 2. The fraction of sp³-hybridized carbons (Fsp3) is 0.133. The van der Waals surface area contributed by atoms with E-state index in [1.165, 1.54) is 18.2 Å². The number of nitrogens with zero attached hydrogens (tertiary/aromatic N) is 1. The van der Waals surface area contributed by atoms with Crippen LogP contribution in [0.4, 0.5) is 0 Å². The summed E-state index contributed by atoms with van der Waals surface area (Å²) in [4.78, 5) is 10.7. The fourth-order valence-electron chi connectivity index (χ4n) is 1.97. The SMILES string of the molecule is O=C([O-])CN(Cc1ccccc1)S(=O)(=O)c1cc(Cl)ccc1Cl. The Balaban J connectivity index is 2.44. The second kappa shape index (κ2) is 7.31. The molecule has 0 spiro atoms. The molecule has 0 heterocycles. The van der Waals surface area contributed by atoms with Crippen molar-refractivity contribution in [2.75, 3.05) is 6.54 Å². The van der Waals surface area contributed by atoms with Gasteiger partial charge in [0.25, 0.3) is 0 Å². The third-order valence-corrected chi connectivity index (χ3v) is 5.53. The lowest BCUT2D eigenvalue weighted by molar-refractivity contribution is -0.305. The van der Waals surface area contributed by atoms with E-state index < -0.39 is 22.5 Å². The Morgan fingerprint density at radius 2 is 1.74 bits per heavy atom. The summed E-state index contributed by atoms with van der Waals surface area (Å²) in [6.07, 6.45) is 0. The predicted octanol–water partition coefficient (Wildman–Crippen LogP) is 1.93. The Labute approximate surface area is 144 Å². The van der Waals surface area contributed by atoms with Gasteiger partial charge in [0.05, 0.1) is 17.5 Å². The van der Waals surface area contributed by atoms with Crippen molar-refractivity contribution in [3.8, 4) is 0 Å². The van der Waals surface area contributed by atoms with Crippen LogP contribution in [-0.4, -0.2) is 25.2 Å². The molecule has 5 nitrogen and oxygen atoms in total. The maximum Gasteiger partial charge on any atom is 0.245 e. The van der Waals surface area contributed by atoms with Crippen molar-refractivity contribution in [3.05, 3.63) is 64.1 Å². The molecule has 0 saturated carbocycles. The van der Waals surface area contributed by atoms with Crippen molar-refractivity contribution in [2.24, 2.45) is 0 Å². The number of carboxylic acid groups (broad SMARTS) is 1. The summed E-state index contributed by atoms with van der Waals surface area (Å²) >= 11 is 11.8. The molecule has 0 saturated heterocycles. The molecule has 8 heteroatoms. The first-order valence-electron chi connectivity index (χ1n) is 6.49. The largest absolute Gasteiger partial charge is 0.549 e. The Kier molecular flexibility index (Phi) is 5.64. The first kappa shape index (κ1) is 17.7. The van der Waals surface area contributed by atoms with Crippen LogP contribution in [0, 0.1) is 0 Å². The molecule has 0 atom stereocenters. The van der Waals surface area contributed by atoms with E-state index in [2.05, 4.69) is 0 Å². The number of carboxylic acids is 1. The van der Waals surface area contributed by atoms with E-state index in [-0.39, 0.29) is 21.5 Å². The number of sulfonamides is 1. The minimum absolute atomic E-state index is 0.0363. The minimum Gasteiger partial charge on any atom is -0.549 e. The minimum atomic E-state index is -4.15. The van der Waals surface area contributed by atoms with Gasteiger partial charge in [-0.25, -0.2) is 8.42 Å². The zero-order chi connectivity index (χ0) is 17.0. The number of carbonyl (C=O) groups is 1. The molecule has 2 aromatic carbocycles. The highest BCUT2D eigenvalue weighted by atomic mass is 35.5. The Hall–Kier alpha value is -1.60. The van der Waals surface area contributed by atoms with E-state index in [0.717, 1.165) is 4.31 Å². The van der Waals surface area contributed by atoms with E-state index >= 15 is 0 Å². The van der Waals surface area contributed by atoms with Crippen LogP contribution in [-0.2, 0) is 21.4 Å². The summed E-state index contributed by atoms with van der Waals surface area (Å²) in [5, 5.41) is 11.1. The van der Waals surface area contributed by atoms with Crippen molar-refractivity contribution in [2.45, 2.75) is 11.4 Å². The molecule has 2 aromatic rings. The highest BCUT2D eigenvalue weighted by molar-refractivity contribution is 7.89. The summed E-state index contributed by atoms with van der Waals surface area (Å²) in [6, 6.07) is 12.6. The molecule has 0 aliphatic heterocycles. The van der Waals surface area contributed by atoms with Gasteiger partial charge in [0, 0.05) is 11.6 Å². The van der Waals surface area contributed by atoms with Crippen LogP contribution in [0.2, 0.25) is 10.0 Å². The molecule has 0 aliphatic carbocycles. The fourth-order valence-corrected chi connectivity index (χ4v) is 4.08. The molecule has 0 amide bonds. The lowest BCUT2D eigenvalue weighted by Crippen LogP contribution is -2.41. The zero-order valence-corrected chi connectivity index (χ0v) is 14.1. The third-order valence-electron chi connectivity index (χ3n) is 3.02. The molecule has 0 bridgehead atoms. The first-order chi connectivity index (χ1) is 10.8. The Morgan fingerprint density at radius 3 is 2.35 bits per heavy atom. The van der Waals surface area contributed by atoms with E-state index in [0.29, 0.717) is 5.56 Å². The lowest BCUT2D eigenvalue weighted by atomic mass is 10.2. The molecule has 122 valence electrons. The third kappa shape index (κ3) is 4.45. The number of carbonyl (C=O) groups excluding carboxylic acids is 1. The maximum absolute atomic E-state index is 12.7. The second-order valence-electron chi connectivity index (χ2n) is 4.71. The Bertz CT molecular complexity index is 809. The highest BCUT2D eigenvalue weighted by Gasteiger charge is 2.27. The molecule has 0 fully saturated rings. The highest BCUT2D eigenvalue weighted by Crippen LogP contribution is 2.28. The van der Waals surface area contributed by atoms with Crippen molar-refractivity contribution < 1.29 is 18.3 Å². The van der Waals surface area contributed by atoms with Crippen molar-refractivity contribution >= 4 is 39.2 Å². The number of hydrogen-bond donors (Lipinski definition) is 0. The number of halogens is 2.